The van der Waals surface area contributed by atoms with Crippen LogP contribution < -0.4 is 10.2 Å². The second kappa shape index (κ2) is 21.0. The molecule has 43 heavy (non-hydrogen) atoms. The maximum Gasteiger partial charge on any atom is 0.573 e. The average molecular weight is 608 g/mol. The van der Waals surface area contributed by atoms with Gasteiger partial charge in [-0.1, -0.05) is 126 Å². The molecule has 3 N–H and O–H groups in total. The lowest BCUT2D eigenvalue weighted by atomic mass is 9.80. The van der Waals surface area contributed by atoms with Gasteiger partial charge in [-0.2, -0.15) is 0 Å². The number of rotatable bonds is 11. The molecule has 0 radical (unpaired) electrons. The molecule has 240 valence electrons. The van der Waals surface area contributed by atoms with E-state index < -0.39 is 13.5 Å². The minimum atomic E-state index is -4.79. The number of para-hydroxylation sites is 1. The van der Waals surface area contributed by atoms with Gasteiger partial charge in [-0.05, 0) is 37.4 Å². The number of aliphatic hydroxyl groups is 1. The molecular formula is C33H49BF3NO5. The van der Waals surface area contributed by atoms with Crippen LogP contribution in [0.15, 0.2) is 53.1 Å². The topological polar surface area (TPSA) is 96.0 Å². The molecule has 1 aromatic heterocycles. The van der Waals surface area contributed by atoms with Gasteiger partial charge < -0.3 is 24.4 Å². The van der Waals surface area contributed by atoms with Gasteiger partial charge in [-0.25, -0.2) is 0 Å². The third-order valence-electron chi connectivity index (χ3n) is 6.58. The number of aryl methyl sites for hydroxylation is 1. The van der Waals surface area contributed by atoms with Crippen molar-refractivity contribution in [3.8, 4) is 17.0 Å². The highest BCUT2D eigenvalue weighted by Crippen LogP contribution is 2.45. The molecule has 1 aliphatic carbocycles. The van der Waals surface area contributed by atoms with Crippen LogP contribution in [-0.2, 0) is 6.61 Å². The number of hydrogen-bond donors (Lipinski definition) is 3. The van der Waals surface area contributed by atoms with Crippen molar-refractivity contribution >= 4 is 12.6 Å². The maximum atomic E-state index is 12.4. The zero-order valence-electron chi connectivity index (χ0n) is 26.3. The summed E-state index contributed by atoms with van der Waals surface area (Å²) in [5, 5.41) is 30.7. The van der Waals surface area contributed by atoms with E-state index in [1.807, 2.05) is 19.1 Å². The van der Waals surface area contributed by atoms with Gasteiger partial charge in [0.15, 0.2) is 0 Å². The summed E-state index contributed by atoms with van der Waals surface area (Å²) in [5.74, 6) is 0.383. The Kier molecular flexibility index (Phi) is 18.6. The number of hydrogen-bond acceptors (Lipinski definition) is 6. The summed E-state index contributed by atoms with van der Waals surface area (Å²) in [6, 6.07) is 12.7. The Balaban J connectivity index is 0.000000348. The molecule has 0 unspecified atom stereocenters. The number of unbranched alkanes of at least 4 members (excludes halogenated alkanes) is 6. The van der Waals surface area contributed by atoms with Gasteiger partial charge in [0.25, 0.3) is 0 Å². The summed E-state index contributed by atoms with van der Waals surface area (Å²) in [4.78, 5) is 0. The summed E-state index contributed by atoms with van der Waals surface area (Å²) in [5.41, 5.74) is 2.42. The van der Waals surface area contributed by atoms with Gasteiger partial charge in [-0.3, -0.25) is 0 Å². The first-order chi connectivity index (χ1) is 20.5. The van der Waals surface area contributed by atoms with Gasteiger partial charge in [-0.15, -0.1) is 13.2 Å². The highest BCUT2D eigenvalue weighted by atomic mass is 19.4. The third kappa shape index (κ3) is 15.5. The predicted molar refractivity (Wildman–Crippen MR) is 167 cm³/mol. The minimum Gasteiger partial charge on any atom is -0.423 e. The molecule has 0 amide bonds. The number of alkyl halides is 3. The summed E-state index contributed by atoms with van der Waals surface area (Å²) < 4.78 is 46.6. The Labute approximate surface area is 255 Å². The monoisotopic (exact) mass is 607 g/mol. The first-order valence-electron chi connectivity index (χ1n) is 15.4. The first-order valence-corrected chi connectivity index (χ1v) is 15.4. The van der Waals surface area contributed by atoms with E-state index in [4.69, 9.17) is 14.6 Å². The average Bonchev–Trinajstić information content (AvgIpc) is 3.74. The van der Waals surface area contributed by atoms with Gasteiger partial charge in [0.1, 0.15) is 17.2 Å². The lowest BCUT2D eigenvalue weighted by Gasteiger charge is -2.12. The van der Waals surface area contributed by atoms with Crippen LogP contribution in [0.25, 0.3) is 11.3 Å². The van der Waals surface area contributed by atoms with E-state index in [0.717, 1.165) is 18.4 Å². The predicted octanol–water partition coefficient (Wildman–Crippen LogP) is 8.46. The zero-order valence-corrected chi connectivity index (χ0v) is 26.3. The van der Waals surface area contributed by atoms with E-state index in [2.05, 4.69) is 37.6 Å². The number of benzene rings is 2. The molecule has 1 aliphatic rings. The number of halogens is 3. The van der Waals surface area contributed by atoms with Crippen LogP contribution in [-0.4, -0.2) is 33.8 Å². The fourth-order valence-corrected chi connectivity index (χ4v) is 3.97. The van der Waals surface area contributed by atoms with Crippen LogP contribution in [0.4, 0.5) is 13.2 Å². The fraction of sp³-hybridized carbons (Fsp3) is 0.545. The van der Waals surface area contributed by atoms with Gasteiger partial charge in [0.05, 0.1) is 6.61 Å². The van der Waals surface area contributed by atoms with E-state index in [1.54, 1.807) is 18.2 Å². The molecule has 10 heteroatoms. The summed E-state index contributed by atoms with van der Waals surface area (Å²) in [7, 11) is -1.35. The van der Waals surface area contributed by atoms with Crippen molar-refractivity contribution in [2.75, 3.05) is 0 Å². The molecule has 1 heterocycles. The Morgan fingerprint density at radius 3 is 1.79 bits per heavy atom. The first kappa shape index (κ1) is 38.2. The van der Waals surface area contributed by atoms with Crippen molar-refractivity contribution in [1.29, 1.82) is 0 Å². The van der Waals surface area contributed by atoms with E-state index >= 15 is 0 Å². The Bertz CT molecular complexity index is 1120. The van der Waals surface area contributed by atoms with Crippen molar-refractivity contribution in [2.45, 2.75) is 118 Å². The second-order valence-corrected chi connectivity index (χ2v) is 10.5. The summed E-state index contributed by atoms with van der Waals surface area (Å²) >= 11 is 0. The molecular weight excluding hydrogens is 558 g/mol. The number of aromatic nitrogens is 1. The van der Waals surface area contributed by atoms with Crippen molar-refractivity contribution in [3.05, 3.63) is 65.4 Å². The number of ether oxygens (including phenoxy) is 1. The molecule has 3 aromatic rings. The molecule has 4 rings (SSSR count). The smallest absolute Gasteiger partial charge is 0.423 e. The quantitative estimate of drug-likeness (QED) is 0.150. The Morgan fingerprint density at radius 1 is 0.860 bits per heavy atom. The molecule has 0 atom stereocenters. The Morgan fingerprint density at radius 2 is 1.37 bits per heavy atom. The molecule has 0 bridgehead atoms. The van der Waals surface area contributed by atoms with E-state index in [1.165, 1.54) is 69.6 Å². The van der Waals surface area contributed by atoms with Gasteiger partial charge in [0.2, 0.25) is 0 Å². The molecule has 0 spiro atoms. The van der Waals surface area contributed by atoms with Crippen LogP contribution in [0.2, 0.25) is 0 Å². The van der Waals surface area contributed by atoms with Crippen molar-refractivity contribution in [3.63, 3.8) is 0 Å². The highest BCUT2D eigenvalue weighted by molar-refractivity contribution is 6.58. The lowest BCUT2D eigenvalue weighted by molar-refractivity contribution is -0.274. The van der Waals surface area contributed by atoms with Crippen LogP contribution in [0.1, 0.15) is 115 Å². The highest BCUT2D eigenvalue weighted by Gasteiger charge is 2.35. The minimum absolute atomic E-state index is 0.148. The zero-order chi connectivity index (χ0) is 32.3. The molecule has 0 saturated heterocycles. The molecule has 1 fully saturated rings. The van der Waals surface area contributed by atoms with Gasteiger partial charge in [0, 0.05) is 17.0 Å². The van der Waals surface area contributed by atoms with Crippen molar-refractivity contribution in [2.24, 2.45) is 0 Å². The molecule has 0 aliphatic heterocycles. The van der Waals surface area contributed by atoms with Crippen molar-refractivity contribution < 1.29 is 37.6 Å². The van der Waals surface area contributed by atoms with Crippen molar-refractivity contribution in [1.82, 2.24) is 5.16 Å². The van der Waals surface area contributed by atoms with Crippen LogP contribution in [0, 0.1) is 6.92 Å². The number of nitrogens with zero attached hydrogens (tertiary/aromatic N) is 1. The molecule has 2 aromatic carbocycles. The standard InChI is InChI=1S/C14H12F3NO3.C7H9BO2.2C6H14/c15-14(16,17)20-11-4-2-1-3-9(11)12-10(7-19)13(21-18-12)8-5-6-8;1-6-2-4-7(5-3-6)8(9)10;2*1-3-5-6-4-2/h1-4,8,19H,5-7H2;2-5,9-10H,1H3;2*3-6H2,1-2H3. The third-order valence-corrected chi connectivity index (χ3v) is 6.58. The SMILES string of the molecule is CCCCCC.CCCCCC.Cc1ccc(B(O)O)cc1.OCc1c(-c2ccccc2OC(F)(F)F)noc1C1CC1. The van der Waals surface area contributed by atoms with Crippen LogP contribution >= 0.6 is 0 Å². The normalized spacial score (nSPS) is 12.2. The summed E-state index contributed by atoms with van der Waals surface area (Å²) in [6.07, 6.45) is 8.15. The van der Waals surface area contributed by atoms with E-state index in [9.17, 15) is 18.3 Å². The van der Waals surface area contributed by atoms with Crippen LogP contribution in [0.3, 0.4) is 0 Å². The second-order valence-electron chi connectivity index (χ2n) is 10.5. The van der Waals surface area contributed by atoms with Crippen LogP contribution in [0.5, 0.6) is 5.75 Å². The molecule has 6 nitrogen and oxygen atoms in total. The largest absolute Gasteiger partial charge is 0.573 e. The summed E-state index contributed by atoms with van der Waals surface area (Å²) in [6.45, 7) is 10.5. The Hall–Kier alpha value is -2.82. The van der Waals surface area contributed by atoms with Gasteiger partial charge >= 0.3 is 13.5 Å². The fourth-order valence-electron chi connectivity index (χ4n) is 3.97. The number of aliphatic hydroxyl groups excluding tert-OH is 1. The van der Waals surface area contributed by atoms with E-state index in [0.29, 0.717) is 16.8 Å². The van der Waals surface area contributed by atoms with E-state index in [-0.39, 0.29) is 29.5 Å². The lowest BCUT2D eigenvalue weighted by Crippen LogP contribution is -2.29. The molecule has 1 saturated carbocycles. The maximum absolute atomic E-state index is 12.4.